The van der Waals surface area contributed by atoms with Crippen molar-refractivity contribution in [2.75, 3.05) is 32.3 Å². The van der Waals surface area contributed by atoms with E-state index in [4.69, 9.17) is 11.6 Å². The van der Waals surface area contributed by atoms with Crippen molar-refractivity contribution in [3.63, 3.8) is 0 Å². The van der Waals surface area contributed by atoms with Crippen molar-refractivity contribution in [2.45, 2.75) is 44.6 Å². The molecule has 6 heteroatoms. The first-order valence-corrected chi connectivity index (χ1v) is 9.21. The molecule has 4 nitrogen and oxygen atoms in total. The molecule has 1 aliphatic rings. The van der Waals surface area contributed by atoms with Crippen LogP contribution >= 0.6 is 11.6 Å². The number of nitrogens with zero attached hydrogens (tertiary/aromatic N) is 1. The van der Waals surface area contributed by atoms with Gasteiger partial charge in [-0.1, -0.05) is 26.2 Å². The number of nitrogens with one attached hydrogen (secondary N) is 1. The van der Waals surface area contributed by atoms with E-state index in [2.05, 4.69) is 9.62 Å². The summed E-state index contributed by atoms with van der Waals surface area (Å²) >= 11 is 5.68. The smallest absolute Gasteiger partial charge is 0.211 e. The third kappa shape index (κ3) is 5.21. The normalized spacial score (nSPS) is 21.5. The molecular formula is C13H27ClN2O2S. The predicted octanol–water partition coefficient (Wildman–Crippen LogP) is 2.05. The molecule has 0 amide bonds. The predicted molar refractivity (Wildman–Crippen MR) is 81.2 cm³/mol. The van der Waals surface area contributed by atoms with Crippen LogP contribution in [0.4, 0.5) is 0 Å². The van der Waals surface area contributed by atoms with Crippen LogP contribution in [-0.4, -0.2) is 51.1 Å². The van der Waals surface area contributed by atoms with E-state index in [9.17, 15) is 8.42 Å². The number of alkyl halides is 1. The van der Waals surface area contributed by atoms with Crippen molar-refractivity contribution < 1.29 is 8.42 Å². The molecule has 0 spiro atoms. The molecule has 0 aromatic heterocycles. The lowest BCUT2D eigenvalue weighted by molar-refractivity contribution is 0.105. The van der Waals surface area contributed by atoms with Crippen molar-refractivity contribution in [3.8, 4) is 0 Å². The zero-order valence-corrected chi connectivity index (χ0v) is 13.9. The van der Waals surface area contributed by atoms with Crippen LogP contribution in [-0.2, 0) is 10.0 Å². The lowest BCUT2D eigenvalue weighted by atomic mass is 9.81. The van der Waals surface area contributed by atoms with Gasteiger partial charge in [-0.3, -0.25) is 0 Å². The Bertz CT molecular complexity index is 365. The summed E-state index contributed by atoms with van der Waals surface area (Å²) in [5.74, 6) is 0.473. The summed E-state index contributed by atoms with van der Waals surface area (Å²) in [6.07, 6.45) is 5.74. The van der Waals surface area contributed by atoms with E-state index in [0.717, 1.165) is 12.8 Å². The first-order valence-electron chi connectivity index (χ1n) is 7.02. The van der Waals surface area contributed by atoms with E-state index in [0.29, 0.717) is 12.4 Å². The minimum absolute atomic E-state index is 0.0131. The molecule has 0 aromatic rings. The first kappa shape index (κ1) is 17.2. The average Bonchev–Trinajstić information content (AvgIpc) is 2.37. The molecule has 0 saturated heterocycles. The van der Waals surface area contributed by atoms with E-state index in [1.54, 1.807) is 0 Å². The molecule has 1 saturated carbocycles. The van der Waals surface area contributed by atoms with Crippen LogP contribution in [0.5, 0.6) is 0 Å². The molecule has 0 aromatic carbocycles. The highest BCUT2D eigenvalue weighted by atomic mass is 35.5. The standard InChI is InChI=1S/C13H27ClN2O2S/c1-12(9-14)10-19(17,18)15-11-13(16(2)3)7-5-4-6-8-13/h12,15H,4-11H2,1-3H3. The van der Waals surface area contributed by atoms with Crippen LogP contribution in [0.2, 0.25) is 0 Å². The maximum Gasteiger partial charge on any atom is 0.211 e. The zero-order chi connectivity index (χ0) is 14.5. The molecule has 0 bridgehead atoms. The molecule has 1 atom stereocenters. The average molecular weight is 311 g/mol. The minimum Gasteiger partial charge on any atom is -0.302 e. The third-order valence-corrected chi connectivity index (χ3v) is 6.24. The fourth-order valence-electron chi connectivity index (χ4n) is 2.71. The van der Waals surface area contributed by atoms with Crippen molar-refractivity contribution in [1.82, 2.24) is 9.62 Å². The molecule has 1 aliphatic carbocycles. The topological polar surface area (TPSA) is 49.4 Å². The van der Waals surface area contributed by atoms with E-state index in [-0.39, 0.29) is 17.2 Å². The lowest BCUT2D eigenvalue weighted by Gasteiger charge is -2.43. The summed E-state index contributed by atoms with van der Waals surface area (Å²) < 4.78 is 26.8. The molecule has 0 radical (unpaired) electrons. The number of rotatable bonds is 7. The van der Waals surface area contributed by atoms with E-state index in [1.807, 2.05) is 21.0 Å². The number of hydrogen-bond donors (Lipinski definition) is 1. The van der Waals surface area contributed by atoms with Crippen LogP contribution in [0.3, 0.4) is 0 Å². The molecule has 1 unspecified atom stereocenters. The van der Waals surface area contributed by atoms with Crippen LogP contribution in [0.1, 0.15) is 39.0 Å². The van der Waals surface area contributed by atoms with Gasteiger partial charge >= 0.3 is 0 Å². The van der Waals surface area contributed by atoms with E-state index >= 15 is 0 Å². The molecule has 1 N–H and O–H groups in total. The Morgan fingerprint density at radius 3 is 2.32 bits per heavy atom. The molecule has 114 valence electrons. The van der Waals surface area contributed by atoms with Gasteiger partial charge in [0.15, 0.2) is 0 Å². The summed E-state index contributed by atoms with van der Waals surface area (Å²) in [4.78, 5) is 2.18. The Balaban J connectivity index is 2.61. The third-order valence-electron chi connectivity index (χ3n) is 4.12. The Labute approximate surface area is 122 Å². The van der Waals surface area contributed by atoms with Gasteiger partial charge in [0, 0.05) is 18.0 Å². The van der Waals surface area contributed by atoms with Crippen LogP contribution in [0.25, 0.3) is 0 Å². The van der Waals surface area contributed by atoms with Gasteiger partial charge in [-0.15, -0.1) is 11.6 Å². The highest BCUT2D eigenvalue weighted by molar-refractivity contribution is 7.89. The molecule has 19 heavy (non-hydrogen) atoms. The summed E-state index contributed by atoms with van der Waals surface area (Å²) in [5, 5.41) is 0. The molecule has 1 fully saturated rings. The second-order valence-electron chi connectivity index (χ2n) is 6.04. The summed E-state index contributed by atoms with van der Waals surface area (Å²) in [6.45, 7) is 2.37. The number of hydrogen-bond acceptors (Lipinski definition) is 3. The van der Waals surface area contributed by atoms with Crippen LogP contribution in [0, 0.1) is 5.92 Å². The summed E-state index contributed by atoms with van der Waals surface area (Å²) in [6, 6.07) is 0. The van der Waals surface area contributed by atoms with Crippen LogP contribution in [0.15, 0.2) is 0 Å². The van der Waals surface area contributed by atoms with Gasteiger partial charge < -0.3 is 4.90 Å². The van der Waals surface area contributed by atoms with Gasteiger partial charge in [-0.2, -0.15) is 0 Å². The van der Waals surface area contributed by atoms with E-state index in [1.165, 1.54) is 19.3 Å². The second-order valence-corrected chi connectivity index (χ2v) is 8.20. The van der Waals surface area contributed by atoms with Crippen molar-refractivity contribution >= 4 is 21.6 Å². The quantitative estimate of drug-likeness (QED) is 0.732. The van der Waals surface area contributed by atoms with Gasteiger partial charge in [0.25, 0.3) is 0 Å². The maximum atomic E-state index is 12.0. The monoisotopic (exact) mass is 310 g/mol. The second kappa shape index (κ2) is 7.25. The maximum absolute atomic E-state index is 12.0. The van der Waals surface area contributed by atoms with Crippen molar-refractivity contribution in [2.24, 2.45) is 5.92 Å². The highest BCUT2D eigenvalue weighted by Gasteiger charge is 2.35. The largest absolute Gasteiger partial charge is 0.302 e. The molecular weight excluding hydrogens is 284 g/mol. The Morgan fingerprint density at radius 2 is 1.84 bits per heavy atom. The minimum atomic E-state index is -3.23. The van der Waals surface area contributed by atoms with Gasteiger partial charge in [0.1, 0.15) is 0 Å². The highest BCUT2D eigenvalue weighted by Crippen LogP contribution is 2.31. The number of likely N-dealkylation sites (N-methyl/N-ethyl adjacent to an activating group) is 1. The van der Waals surface area contributed by atoms with Gasteiger partial charge in [-0.25, -0.2) is 13.1 Å². The lowest BCUT2D eigenvalue weighted by Crippen LogP contribution is -2.54. The molecule has 0 aliphatic heterocycles. The van der Waals surface area contributed by atoms with Crippen LogP contribution < -0.4 is 4.72 Å². The van der Waals surface area contributed by atoms with E-state index < -0.39 is 10.0 Å². The Kier molecular flexibility index (Phi) is 6.57. The fraction of sp³-hybridized carbons (Fsp3) is 1.00. The van der Waals surface area contributed by atoms with Gasteiger partial charge in [0.2, 0.25) is 10.0 Å². The molecule has 0 heterocycles. The Morgan fingerprint density at radius 1 is 1.26 bits per heavy atom. The summed E-state index contributed by atoms with van der Waals surface area (Å²) in [7, 11) is 0.860. The zero-order valence-electron chi connectivity index (χ0n) is 12.3. The van der Waals surface area contributed by atoms with Gasteiger partial charge in [0.05, 0.1) is 5.75 Å². The number of halogens is 1. The fourth-order valence-corrected chi connectivity index (χ4v) is 4.43. The summed E-state index contributed by atoms with van der Waals surface area (Å²) in [5.41, 5.74) is -0.0183. The first-order chi connectivity index (χ1) is 8.81. The molecule has 1 rings (SSSR count). The SMILES string of the molecule is CC(CCl)CS(=O)(=O)NCC1(N(C)C)CCCCC1. The van der Waals surface area contributed by atoms with Crippen molar-refractivity contribution in [3.05, 3.63) is 0 Å². The number of sulfonamides is 1. The van der Waals surface area contributed by atoms with Crippen molar-refractivity contribution in [1.29, 1.82) is 0 Å². The Hall–Kier alpha value is 0.160. The van der Waals surface area contributed by atoms with Gasteiger partial charge in [-0.05, 0) is 32.9 Å².